The van der Waals surface area contributed by atoms with Crippen LogP contribution in [-0.4, -0.2) is 17.5 Å². The Morgan fingerprint density at radius 1 is 0.895 bits per heavy atom. The second-order valence-electron chi connectivity index (χ2n) is 4.07. The summed E-state index contributed by atoms with van der Waals surface area (Å²) >= 11 is 0.550. The van der Waals surface area contributed by atoms with Gasteiger partial charge in [0.1, 0.15) is 0 Å². The van der Waals surface area contributed by atoms with E-state index in [0.29, 0.717) is 23.1 Å². The third-order valence-corrected chi connectivity index (χ3v) is 3.49. The van der Waals surface area contributed by atoms with E-state index in [-0.39, 0.29) is 6.61 Å². The van der Waals surface area contributed by atoms with Crippen LogP contribution in [0.25, 0.3) is 11.1 Å². The lowest BCUT2D eigenvalue weighted by atomic mass is 10.0. The van der Waals surface area contributed by atoms with E-state index in [1.165, 1.54) is 0 Å². The van der Waals surface area contributed by atoms with Crippen molar-refractivity contribution in [3.63, 3.8) is 0 Å². The smallest absolute Gasteiger partial charge is 0.288 e. The Hall–Kier alpha value is -1.39. The number of halogens is 2. The van der Waals surface area contributed by atoms with Crippen molar-refractivity contribution in [3.8, 4) is 11.1 Å². The summed E-state index contributed by atoms with van der Waals surface area (Å²) in [6.45, 7) is 0.138. The third-order valence-electron chi connectivity index (χ3n) is 2.77. The van der Waals surface area contributed by atoms with Crippen molar-refractivity contribution < 1.29 is 13.9 Å². The van der Waals surface area contributed by atoms with E-state index in [1.54, 1.807) is 12.1 Å². The highest BCUT2D eigenvalue weighted by Gasteiger charge is 2.05. The van der Waals surface area contributed by atoms with E-state index >= 15 is 0 Å². The molecule has 0 amide bonds. The first-order chi connectivity index (χ1) is 9.19. The third kappa shape index (κ3) is 4.04. The summed E-state index contributed by atoms with van der Waals surface area (Å²) in [6, 6.07) is 15.0. The van der Waals surface area contributed by atoms with Crippen molar-refractivity contribution in [3.05, 3.63) is 54.1 Å². The molecule has 0 radical (unpaired) electrons. The van der Waals surface area contributed by atoms with Crippen molar-refractivity contribution in [2.45, 2.75) is 17.1 Å². The lowest BCUT2D eigenvalue weighted by molar-refractivity contribution is 0.252. The molecule has 0 aliphatic heterocycles. The monoisotopic (exact) mass is 280 g/mol. The molecule has 0 fully saturated rings. The molecule has 4 heteroatoms. The van der Waals surface area contributed by atoms with Crippen LogP contribution in [0.3, 0.4) is 0 Å². The highest BCUT2D eigenvalue weighted by atomic mass is 32.2. The molecule has 0 aliphatic carbocycles. The van der Waals surface area contributed by atoms with Crippen LogP contribution in [-0.2, 0) is 6.42 Å². The van der Waals surface area contributed by atoms with Crippen LogP contribution >= 0.6 is 11.8 Å². The van der Waals surface area contributed by atoms with Gasteiger partial charge in [-0.1, -0.05) is 48.2 Å². The van der Waals surface area contributed by atoms with E-state index in [9.17, 15) is 8.78 Å². The Morgan fingerprint density at radius 3 is 1.89 bits per heavy atom. The van der Waals surface area contributed by atoms with Gasteiger partial charge in [-0.3, -0.25) is 0 Å². The van der Waals surface area contributed by atoms with Gasteiger partial charge in [-0.05, 0) is 35.2 Å². The predicted molar refractivity (Wildman–Crippen MR) is 74.5 cm³/mol. The maximum absolute atomic E-state index is 12.2. The summed E-state index contributed by atoms with van der Waals surface area (Å²) in [5.41, 5.74) is 3.11. The Kier molecular flexibility index (Phi) is 4.93. The van der Waals surface area contributed by atoms with Gasteiger partial charge in [0, 0.05) is 11.5 Å². The average Bonchev–Trinajstić information content (AvgIpc) is 2.40. The molecule has 2 aromatic carbocycles. The van der Waals surface area contributed by atoms with Crippen LogP contribution in [0.1, 0.15) is 5.56 Å². The summed E-state index contributed by atoms with van der Waals surface area (Å²) < 4.78 is 24.4. The van der Waals surface area contributed by atoms with Gasteiger partial charge in [0.05, 0.1) is 0 Å². The highest BCUT2D eigenvalue weighted by molar-refractivity contribution is 7.99. The first-order valence-electron chi connectivity index (χ1n) is 5.94. The Labute approximate surface area is 115 Å². The number of alkyl halides is 2. The van der Waals surface area contributed by atoms with Gasteiger partial charge in [0.15, 0.2) is 0 Å². The molecule has 0 aromatic heterocycles. The molecule has 0 heterocycles. The number of thioether (sulfide) groups is 1. The molecule has 0 aliphatic rings. The quantitative estimate of drug-likeness (QED) is 0.828. The summed E-state index contributed by atoms with van der Waals surface area (Å²) in [5, 5.41) is 8.84. The first-order valence-corrected chi connectivity index (χ1v) is 6.82. The van der Waals surface area contributed by atoms with Gasteiger partial charge in [0.2, 0.25) is 0 Å². The normalized spacial score (nSPS) is 10.9. The van der Waals surface area contributed by atoms with Crippen LogP contribution < -0.4 is 0 Å². The molecule has 0 saturated heterocycles. The van der Waals surface area contributed by atoms with Gasteiger partial charge >= 0.3 is 0 Å². The lowest BCUT2D eigenvalue weighted by Crippen LogP contribution is -1.89. The molecule has 0 atom stereocenters. The Balaban J connectivity index is 2.13. The molecule has 2 rings (SSSR count). The van der Waals surface area contributed by atoms with Crippen LogP contribution in [0.2, 0.25) is 0 Å². The fourth-order valence-corrected chi connectivity index (χ4v) is 2.32. The number of hydrogen-bond donors (Lipinski definition) is 1. The van der Waals surface area contributed by atoms with Crippen molar-refractivity contribution in [2.24, 2.45) is 0 Å². The number of benzene rings is 2. The molecule has 100 valence electrons. The number of rotatable bonds is 5. The van der Waals surface area contributed by atoms with Crippen molar-refractivity contribution in [2.75, 3.05) is 6.61 Å². The molecule has 2 aromatic rings. The second kappa shape index (κ2) is 6.68. The standard InChI is InChI=1S/C15H14F2OS/c16-15(17)19-14-7-5-13(6-8-14)12-3-1-11(2-4-12)9-10-18/h1-8,15,18H,9-10H2. The predicted octanol–water partition coefficient (Wildman–Crippen LogP) is 4.20. The first kappa shape index (κ1) is 14.0. The molecule has 0 spiro atoms. The van der Waals surface area contributed by atoms with E-state index < -0.39 is 5.76 Å². The van der Waals surface area contributed by atoms with Gasteiger partial charge in [0.25, 0.3) is 5.76 Å². The van der Waals surface area contributed by atoms with Crippen molar-refractivity contribution in [1.82, 2.24) is 0 Å². The largest absolute Gasteiger partial charge is 0.396 e. The van der Waals surface area contributed by atoms with Crippen LogP contribution in [0.5, 0.6) is 0 Å². The van der Waals surface area contributed by atoms with Gasteiger partial charge in [-0.25, -0.2) is 0 Å². The zero-order valence-corrected chi connectivity index (χ0v) is 11.0. The highest BCUT2D eigenvalue weighted by Crippen LogP contribution is 2.28. The van der Waals surface area contributed by atoms with Gasteiger partial charge < -0.3 is 5.11 Å². The maximum Gasteiger partial charge on any atom is 0.288 e. The van der Waals surface area contributed by atoms with Gasteiger partial charge in [-0.15, -0.1) is 0 Å². The maximum atomic E-state index is 12.2. The molecule has 1 nitrogen and oxygen atoms in total. The van der Waals surface area contributed by atoms with E-state index in [0.717, 1.165) is 16.7 Å². The van der Waals surface area contributed by atoms with E-state index in [4.69, 9.17) is 5.11 Å². The second-order valence-corrected chi connectivity index (χ2v) is 5.14. The summed E-state index contributed by atoms with van der Waals surface area (Å²) in [6.07, 6.45) is 0.643. The van der Waals surface area contributed by atoms with Crippen molar-refractivity contribution in [1.29, 1.82) is 0 Å². The molecule has 0 bridgehead atoms. The van der Waals surface area contributed by atoms with E-state index in [1.807, 2.05) is 36.4 Å². The summed E-state index contributed by atoms with van der Waals surface area (Å²) in [4.78, 5) is 0.565. The zero-order chi connectivity index (χ0) is 13.7. The average molecular weight is 280 g/mol. The summed E-state index contributed by atoms with van der Waals surface area (Å²) in [7, 11) is 0. The Bertz CT molecular complexity index is 509. The number of hydrogen-bond acceptors (Lipinski definition) is 2. The topological polar surface area (TPSA) is 20.2 Å². The SMILES string of the molecule is OCCc1ccc(-c2ccc(SC(F)F)cc2)cc1. The molecular weight excluding hydrogens is 266 g/mol. The van der Waals surface area contributed by atoms with Crippen LogP contribution in [0, 0.1) is 0 Å². The molecule has 0 saturated carbocycles. The lowest BCUT2D eigenvalue weighted by Gasteiger charge is -2.05. The minimum absolute atomic E-state index is 0.138. The molecule has 19 heavy (non-hydrogen) atoms. The Morgan fingerprint density at radius 2 is 1.42 bits per heavy atom. The molecular formula is C15H14F2OS. The number of aliphatic hydroxyl groups excluding tert-OH is 1. The van der Waals surface area contributed by atoms with E-state index in [2.05, 4.69) is 0 Å². The van der Waals surface area contributed by atoms with Gasteiger partial charge in [-0.2, -0.15) is 8.78 Å². The molecule has 0 unspecified atom stereocenters. The molecule has 1 N–H and O–H groups in total. The van der Waals surface area contributed by atoms with Crippen molar-refractivity contribution >= 4 is 11.8 Å². The minimum Gasteiger partial charge on any atom is -0.396 e. The van der Waals surface area contributed by atoms with Crippen LogP contribution in [0.4, 0.5) is 8.78 Å². The zero-order valence-electron chi connectivity index (χ0n) is 10.2. The fourth-order valence-electron chi connectivity index (χ4n) is 1.82. The van der Waals surface area contributed by atoms with Crippen LogP contribution in [0.15, 0.2) is 53.4 Å². The summed E-state index contributed by atoms with van der Waals surface area (Å²) in [5.74, 6) is -2.39. The number of aliphatic hydroxyl groups is 1. The fraction of sp³-hybridized carbons (Fsp3) is 0.200. The minimum atomic E-state index is -2.39.